The van der Waals surface area contributed by atoms with E-state index in [0.717, 1.165) is 42.8 Å². The maximum Gasteiger partial charge on any atom is 0.231 e. The first-order valence-corrected chi connectivity index (χ1v) is 11.2. The summed E-state index contributed by atoms with van der Waals surface area (Å²) in [6.07, 6.45) is 2.17. The van der Waals surface area contributed by atoms with Crippen LogP contribution >= 0.6 is 0 Å². The molecule has 0 radical (unpaired) electrons. The van der Waals surface area contributed by atoms with Crippen LogP contribution in [0.4, 0.5) is 33.2 Å². The van der Waals surface area contributed by atoms with Gasteiger partial charge in [0, 0.05) is 43.8 Å². The van der Waals surface area contributed by atoms with Crippen LogP contribution < -0.4 is 15.5 Å². The molecule has 34 heavy (non-hydrogen) atoms. The number of halogens is 1. The number of nitrogens with zero attached hydrogens (tertiary/aromatic N) is 5. The van der Waals surface area contributed by atoms with Crippen molar-refractivity contribution < 1.29 is 4.39 Å². The summed E-state index contributed by atoms with van der Waals surface area (Å²) >= 11 is 0. The van der Waals surface area contributed by atoms with Crippen molar-refractivity contribution in [2.75, 3.05) is 48.8 Å². The van der Waals surface area contributed by atoms with E-state index in [-0.39, 0.29) is 5.82 Å². The Balaban J connectivity index is 1.37. The smallest absolute Gasteiger partial charge is 0.231 e. The minimum absolute atomic E-state index is 0.272. The first kappa shape index (κ1) is 21.7. The number of benzene rings is 2. The fraction of sp³-hybridized carbons (Fsp3) is 0.240. The Morgan fingerprint density at radius 1 is 1.00 bits per heavy atom. The van der Waals surface area contributed by atoms with Gasteiger partial charge in [0.2, 0.25) is 5.95 Å². The molecule has 0 unspecified atom stereocenters. The highest BCUT2D eigenvalue weighted by Gasteiger charge is 2.18. The van der Waals surface area contributed by atoms with Gasteiger partial charge in [0.05, 0.1) is 23.6 Å². The molecule has 9 heteroatoms. The van der Waals surface area contributed by atoms with Crippen molar-refractivity contribution in [1.29, 1.82) is 5.26 Å². The van der Waals surface area contributed by atoms with Crippen molar-refractivity contribution >= 4 is 39.9 Å². The van der Waals surface area contributed by atoms with Gasteiger partial charge in [-0.05, 0) is 49.0 Å². The lowest BCUT2D eigenvalue weighted by molar-refractivity contribution is 0.311. The average Bonchev–Trinajstić information content (AvgIpc) is 3.31. The molecule has 5 rings (SSSR count). The fourth-order valence-electron chi connectivity index (χ4n) is 4.04. The number of likely N-dealkylation sites (N-methyl/N-ethyl adjacent to an activating group) is 1. The number of hydrogen-bond acceptors (Lipinski definition) is 7. The van der Waals surface area contributed by atoms with Crippen LogP contribution in [0.1, 0.15) is 5.56 Å². The second kappa shape index (κ2) is 9.37. The summed E-state index contributed by atoms with van der Waals surface area (Å²) in [6.45, 7) is 3.44. The molecule has 0 amide bonds. The van der Waals surface area contributed by atoms with E-state index >= 15 is 0 Å². The molecular formula is C25H25FN8. The van der Waals surface area contributed by atoms with Gasteiger partial charge in [-0.2, -0.15) is 15.2 Å². The lowest BCUT2D eigenvalue weighted by atomic mass is 10.1. The van der Waals surface area contributed by atoms with Crippen molar-refractivity contribution in [3.63, 3.8) is 0 Å². The Morgan fingerprint density at radius 3 is 2.50 bits per heavy atom. The summed E-state index contributed by atoms with van der Waals surface area (Å²) in [7, 11) is 2.08. The number of H-pyrrole nitrogens is 1. The number of nitriles is 1. The molecule has 0 aliphatic carbocycles. The van der Waals surface area contributed by atoms with Crippen LogP contribution in [0, 0.1) is 17.1 Å². The first-order chi connectivity index (χ1) is 16.6. The third kappa shape index (κ3) is 4.63. The van der Waals surface area contributed by atoms with E-state index in [2.05, 4.69) is 48.5 Å². The second-order valence-corrected chi connectivity index (χ2v) is 8.37. The van der Waals surface area contributed by atoms with Gasteiger partial charge < -0.3 is 25.4 Å². The van der Waals surface area contributed by atoms with Crippen LogP contribution in [0.15, 0.2) is 54.7 Å². The Kier molecular flexibility index (Phi) is 5.97. The lowest BCUT2D eigenvalue weighted by Gasteiger charge is -2.34. The molecule has 1 fully saturated rings. The zero-order valence-corrected chi connectivity index (χ0v) is 18.8. The molecule has 1 aliphatic heterocycles. The SMILES string of the molecule is CN1CCN(c2ccc(Nc3nc(Nc4ccc(CC#N)cc4)c4cc[nH]c4n3)cc2F)CC1. The Bertz CT molecular complexity index is 1330. The summed E-state index contributed by atoms with van der Waals surface area (Å²) in [5.74, 6) is 0.702. The van der Waals surface area contributed by atoms with Gasteiger partial charge in [0.15, 0.2) is 0 Å². The third-order valence-electron chi connectivity index (χ3n) is 5.96. The summed E-state index contributed by atoms with van der Waals surface area (Å²) < 4.78 is 14.9. The largest absolute Gasteiger partial charge is 0.367 e. The van der Waals surface area contributed by atoms with Gasteiger partial charge in [0.1, 0.15) is 17.3 Å². The van der Waals surface area contributed by atoms with Crippen molar-refractivity contribution in [1.82, 2.24) is 19.9 Å². The molecule has 1 aliphatic rings. The predicted octanol–water partition coefficient (Wildman–Crippen LogP) is 4.40. The normalized spacial score (nSPS) is 14.2. The van der Waals surface area contributed by atoms with Gasteiger partial charge in [-0.1, -0.05) is 12.1 Å². The van der Waals surface area contributed by atoms with Crippen LogP contribution in [0.2, 0.25) is 0 Å². The second-order valence-electron chi connectivity index (χ2n) is 8.37. The molecule has 2 aromatic carbocycles. The van der Waals surface area contributed by atoms with Crippen molar-refractivity contribution in [2.45, 2.75) is 6.42 Å². The van der Waals surface area contributed by atoms with E-state index in [1.165, 1.54) is 6.07 Å². The number of rotatable bonds is 6. The van der Waals surface area contributed by atoms with Crippen molar-refractivity contribution in [3.8, 4) is 6.07 Å². The van der Waals surface area contributed by atoms with E-state index in [1.807, 2.05) is 36.4 Å². The predicted molar refractivity (Wildman–Crippen MR) is 132 cm³/mol. The number of hydrogen-bond donors (Lipinski definition) is 3. The number of nitrogens with one attached hydrogen (secondary N) is 3. The number of aromatic amines is 1. The van der Waals surface area contributed by atoms with Gasteiger partial charge in [-0.3, -0.25) is 0 Å². The van der Waals surface area contributed by atoms with E-state index in [9.17, 15) is 4.39 Å². The lowest BCUT2D eigenvalue weighted by Crippen LogP contribution is -2.44. The van der Waals surface area contributed by atoms with Crippen LogP contribution in [0.5, 0.6) is 0 Å². The molecule has 0 atom stereocenters. The standard InChI is InChI=1S/C25H25FN8/c1-33-12-14-34(15-13-33)22-7-6-19(16-21(22)26)30-25-31-23-20(9-11-28-23)24(32-25)29-18-4-2-17(3-5-18)8-10-27/h2-7,9,11,16H,8,12-15H2,1H3,(H3,28,29,30,31,32). The third-order valence-corrected chi connectivity index (χ3v) is 5.96. The zero-order chi connectivity index (χ0) is 23.5. The highest BCUT2D eigenvalue weighted by molar-refractivity contribution is 5.90. The maximum atomic E-state index is 14.9. The van der Waals surface area contributed by atoms with Crippen molar-refractivity contribution in [3.05, 3.63) is 66.1 Å². The summed E-state index contributed by atoms with van der Waals surface area (Å²) in [6, 6.07) is 16.8. The van der Waals surface area contributed by atoms with E-state index in [0.29, 0.717) is 35.2 Å². The topological polar surface area (TPSA) is 95.9 Å². The minimum Gasteiger partial charge on any atom is -0.367 e. The number of aromatic nitrogens is 3. The molecule has 3 N–H and O–H groups in total. The van der Waals surface area contributed by atoms with E-state index < -0.39 is 0 Å². The monoisotopic (exact) mass is 456 g/mol. The molecule has 0 saturated carbocycles. The highest BCUT2D eigenvalue weighted by atomic mass is 19.1. The quantitative estimate of drug-likeness (QED) is 0.396. The Labute approximate surface area is 197 Å². The Hall–Kier alpha value is -4.16. The molecule has 4 aromatic rings. The molecule has 2 aromatic heterocycles. The van der Waals surface area contributed by atoms with Crippen LogP contribution in [-0.2, 0) is 6.42 Å². The van der Waals surface area contributed by atoms with Crippen molar-refractivity contribution in [2.24, 2.45) is 0 Å². The van der Waals surface area contributed by atoms with Gasteiger partial charge in [-0.15, -0.1) is 0 Å². The molecule has 0 bridgehead atoms. The van der Waals surface area contributed by atoms with E-state index in [4.69, 9.17) is 5.26 Å². The van der Waals surface area contributed by atoms with Gasteiger partial charge in [0.25, 0.3) is 0 Å². The molecule has 3 heterocycles. The van der Waals surface area contributed by atoms with Gasteiger partial charge >= 0.3 is 0 Å². The summed E-state index contributed by atoms with van der Waals surface area (Å²) in [5.41, 5.74) is 3.65. The molecule has 1 saturated heterocycles. The minimum atomic E-state index is -0.272. The molecule has 172 valence electrons. The molecule has 0 spiro atoms. The maximum absolute atomic E-state index is 14.9. The Morgan fingerprint density at radius 2 is 1.76 bits per heavy atom. The fourth-order valence-corrected chi connectivity index (χ4v) is 4.04. The summed E-state index contributed by atoms with van der Waals surface area (Å²) in [5, 5.41) is 16.1. The van der Waals surface area contributed by atoms with E-state index in [1.54, 1.807) is 12.3 Å². The van der Waals surface area contributed by atoms with Crippen LogP contribution in [-0.4, -0.2) is 53.1 Å². The zero-order valence-electron chi connectivity index (χ0n) is 18.8. The van der Waals surface area contributed by atoms with Gasteiger partial charge in [-0.25, -0.2) is 4.39 Å². The van der Waals surface area contributed by atoms with Crippen LogP contribution in [0.25, 0.3) is 11.0 Å². The molecular weight excluding hydrogens is 431 g/mol. The number of fused-ring (bicyclic) bond motifs is 1. The summed E-state index contributed by atoms with van der Waals surface area (Å²) in [4.78, 5) is 16.6. The first-order valence-electron chi connectivity index (χ1n) is 11.2. The molecule has 8 nitrogen and oxygen atoms in total. The van der Waals surface area contributed by atoms with Crippen LogP contribution in [0.3, 0.4) is 0 Å². The number of piperazine rings is 1. The average molecular weight is 457 g/mol. The number of anilines is 5. The highest BCUT2D eigenvalue weighted by Crippen LogP contribution is 2.28.